The zero-order valence-electron chi connectivity index (χ0n) is 8.58. The Morgan fingerprint density at radius 1 is 1.64 bits per heavy atom. The molecule has 14 heavy (non-hydrogen) atoms. The maximum Gasteiger partial charge on any atom is 0.250 e. The maximum absolute atomic E-state index is 11.6. The summed E-state index contributed by atoms with van der Waals surface area (Å²) in [4.78, 5) is 11.6. The lowest BCUT2D eigenvalue weighted by Gasteiger charge is -2.22. The van der Waals surface area contributed by atoms with E-state index in [1.807, 2.05) is 0 Å². The molecule has 0 radical (unpaired) electrons. The van der Waals surface area contributed by atoms with Gasteiger partial charge in [0.2, 0.25) is 5.91 Å². The van der Waals surface area contributed by atoms with E-state index in [2.05, 4.69) is 17.6 Å². The third-order valence-electron chi connectivity index (χ3n) is 3.03. The van der Waals surface area contributed by atoms with Gasteiger partial charge in [0, 0.05) is 19.6 Å². The van der Waals surface area contributed by atoms with E-state index in [1.165, 1.54) is 6.42 Å². The van der Waals surface area contributed by atoms with Crippen molar-refractivity contribution in [3.8, 4) is 0 Å². The molecular weight excluding hydrogens is 180 g/mol. The molecule has 2 fully saturated rings. The van der Waals surface area contributed by atoms with Crippen LogP contribution in [0.2, 0.25) is 0 Å². The minimum Gasteiger partial charge on any atom is -0.366 e. The Balaban J connectivity index is 1.66. The van der Waals surface area contributed by atoms with Crippen molar-refractivity contribution < 1.29 is 9.53 Å². The molecule has 1 saturated heterocycles. The van der Waals surface area contributed by atoms with Gasteiger partial charge in [0.05, 0.1) is 6.61 Å². The Bertz CT molecular complexity index is 214. The van der Waals surface area contributed by atoms with Gasteiger partial charge in [0.25, 0.3) is 0 Å². The van der Waals surface area contributed by atoms with Gasteiger partial charge in [0.1, 0.15) is 6.10 Å². The van der Waals surface area contributed by atoms with Gasteiger partial charge in [0.15, 0.2) is 0 Å². The molecule has 0 aromatic carbocycles. The second-order valence-electron chi connectivity index (χ2n) is 4.28. The summed E-state index contributed by atoms with van der Waals surface area (Å²) in [5.41, 5.74) is 0. The molecule has 1 heterocycles. The number of carbonyl (C=O) groups is 1. The predicted molar refractivity (Wildman–Crippen MR) is 52.9 cm³/mol. The first-order valence-electron chi connectivity index (χ1n) is 5.37. The normalized spacial score (nSPS) is 36.5. The largest absolute Gasteiger partial charge is 0.366 e. The van der Waals surface area contributed by atoms with Crippen LogP contribution in [0, 0.1) is 11.8 Å². The van der Waals surface area contributed by atoms with Crippen LogP contribution in [0.5, 0.6) is 0 Å². The molecule has 0 bridgehead atoms. The van der Waals surface area contributed by atoms with Gasteiger partial charge in [-0.1, -0.05) is 6.92 Å². The van der Waals surface area contributed by atoms with E-state index in [9.17, 15) is 4.79 Å². The molecule has 3 atom stereocenters. The number of hydrogen-bond donors (Lipinski definition) is 2. The standard InChI is InChI=1S/C10H18N2O2/c1-7-4-8(7)5-12-10(13)9-6-11-2-3-14-9/h7-9,11H,2-6H2,1H3,(H,12,13)/t7?,8?,9-/m0/s1. The highest BCUT2D eigenvalue weighted by atomic mass is 16.5. The van der Waals surface area contributed by atoms with Crippen molar-refractivity contribution in [1.29, 1.82) is 0 Å². The summed E-state index contributed by atoms with van der Waals surface area (Å²) in [6, 6.07) is 0. The van der Waals surface area contributed by atoms with Gasteiger partial charge in [-0.3, -0.25) is 4.79 Å². The van der Waals surface area contributed by atoms with Crippen LogP contribution < -0.4 is 10.6 Å². The topological polar surface area (TPSA) is 50.4 Å². The quantitative estimate of drug-likeness (QED) is 0.657. The number of nitrogens with one attached hydrogen (secondary N) is 2. The van der Waals surface area contributed by atoms with Crippen molar-refractivity contribution in [2.75, 3.05) is 26.2 Å². The molecule has 4 heteroatoms. The van der Waals surface area contributed by atoms with E-state index in [-0.39, 0.29) is 12.0 Å². The Hall–Kier alpha value is -0.610. The first kappa shape index (κ1) is 9.93. The molecule has 2 rings (SSSR count). The number of rotatable bonds is 3. The zero-order valence-corrected chi connectivity index (χ0v) is 8.58. The minimum absolute atomic E-state index is 0.0382. The highest BCUT2D eigenvalue weighted by molar-refractivity contribution is 5.81. The van der Waals surface area contributed by atoms with Crippen LogP contribution in [0.1, 0.15) is 13.3 Å². The van der Waals surface area contributed by atoms with E-state index in [0.717, 1.165) is 19.0 Å². The summed E-state index contributed by atoms with van der Waals surface area (Å²) < 4.78 is 5.34. The molecule has 2 N–H and O–H groups in total. The Morgan fingerprint density at radius 3 is 3.00 bits per heavy atom. The third kappa shape index (κ3) is 2.45. The summed E-state index contributed by atoms with van der Waals surface area (Å²) in [6.07, 6.45) is 0.974. The highest BCUT2D eigenvalue weighted by Gasteiger charge is 2.33. The Kier molecular flexibility index (Phi) is 3.03. The maximum atomic E-state index is 11.6. The number of ether oxygens (including phenoxy) is 1. The number of hydrogen-bond acceptors (Lipinski definition) is 3. The molecule has 1 aliphatic heterocycles. The van der Waals surface area contributed by atoms with Gasteiger partial charge in [-0.15, -0.1) is 0 Å². The number of amides is 1. The van der Waals surface area contributed by atoms with Crippen LogP contribution >= 0.6 is 0 Å². The average molecular weight is 198 g/mol. The fourth-order valence-electron chi connectivity index (χ4n) is 1.76. The van der Waals surface area contributed by atoms with Gasteiger partial charge >= 0.3 is 0 Å². The molecule has 0 aromatic rings. The number of morpholine rings is 1. The van der Waals surface area contributed by atoms with Crippen LogP contribution in [0.25, 0.3) is 0 Å². The van der Waals surface area contributed by atoms with Gasteiger partial charge < -0.3 is 15.4 Å². The van der Waals surface area contributed by atoms with E-state index in [0.29, 0.717) is 19.1 Å². The molecule has 2 aliphatic rings. The van der Waals surface area contributed by atoms with Crippen LogP contribution in [-0.4, -0.2) is 38.3 Å². The number of carbonyl (C=O) groups excluding carboxylic acids is 1. The van der Waals surface area contributed by atoms with Crippen molar-refractivity contribution in [3.63, 3.8) is 0 Å². The van der Waals surface area contributed by atoms with Gasteiger partial charge in [-0.25, -0.2) is 0 Å². The molecule has 0 aromatic heterocycles. The lowest BCUT2D eigenvalue weighted by molar-refractivity contribution is -0.134. The van der Waals surface area contributed by atoms with Gasteiger partial charge in [-0.05, 0) is 18.3 Å². The summed E-state index contributed by atoms with van der Waals surface area (Å²) >= 11 is 0. The van der Waals surface area contributed by atoms with Crippen molar-refractivity contribution in [3.05, 3.63) is 0 Å². The van der Waals surface area contributed by atoms with Crippen LogP contribution in [-0.2, 0) is 9.53 Å². The molecule has 80 valence electrons. The predicted octanol–water partition coefficient (Wildman–Crippen LogP) is -0.253. The minimum atomic E-state index is -0.280. The fraction of sp³-hybridized carbons (Fsp3) is 0.900. The molecule has 2 unspecified atom stereocenters. The molecular formula is C10H18N2O2. The zero-order chi connectivity index (χ0) is 9.97. The first-order valence-corrected chi connectivity index (χ1v) is 5.37. The molecule has 1 aliphatic carbocycles. The van der Waals surface area contributed by atoms with E-state index < -0.39 is 0 Å². The lowest BCUT2D eigenvalue weighted by atomic mass is 10.2. The summed E-state index contributed by atoms with van der Waals surface area (Å²) in [5, 5.41) is 6.08. The van der Waals surface area contributed by atoms with Gasteiger partial charge in [-0.2, -0.15) is 0 Å². The van der Waals surface area contributed by atoms with E-state index >= 15 is 0 Å². The fourth-order valence-corrected chi connectivity index (χ4v) is 1.76. The van der Waals surface area contributed by atoms with Crippen molar-refractivity contribution in [1.82, 2.24) is 10.6 Å². The van der Waals surface area contributed by atoms with Crippen molar-refractivity contribution >= 4 is 5.91 Å². The summed E-state index contributed by atoms with van der Waals surface area (Å²) in [7, 11) is 0. The second-order valence-corrected chi connectivity index (χ2v) is 4.28. The van der Waals surface area contributed by atoms with Crippen LogP contribution in [0.3, 0.4) is 0 Å². The second kappa shape index (κ2) is 4.28. The van der Waals surface area contributed by atoms with Crippen LogP contribution in [0.4, 0.5) is 0 Å². The Morgan fingerprint density at radius 2 is 2.43 bits per heavy atom. The Labute approximate surface area is 84.4 Å². The van der Waals surface area contributed by atoms with Crippen molar-refractivity contribution in [2.45, 2.75) is 19.4 Å². The SMILES string of the molecule is CC1CC1CNC(=O)[C@@H]1CNCCO1. The monoisotopic (exact) mass is 198 g/mol. The summed E-state index contributed by atoms with van der Waals surface area (Å²) in [5.74, 6) is 1.53. The summed E-state index contributed by atoms with van der Waals surface area (Å²) in [6.45, 7) is 5.17. The third-order valence-corrected chi connectivity index (χ3v) is 3.03. The van der Waals surface area contributed by atoms with Crippen molar-refractivity contribution in [2.24, 2.45) is 11.8 Å². The first-order chi connectivity index (χ1) is 6.77. The highest BCUT2D eigenvalue weighted by Crippen LogP contribution is 2.36. The average Bonchev–Trinajstić information content (AvgIpc) is 2.92. The lowest BCUT2D eigenvalue weighted by Crippen LogP contribution is -2.48. The smallest absolute Gasteiger partial charge is 0.250 e. The van der Waals surface area contributed by atoms with Crippen LogP contribution in [0.15, 0.2) is 0 Å². The molecule has 0 spiro atoms. The molecule has 1 saturated carbocycles. The molecule has 1 amide bonds. The molecule has 4 nitrogen and oxygen atoms in total. The van der Waals surface area contributed by atoms with E-state index in [1.54, 1.807) is 0 Å². The van der Waals surface area contributed by atoms with E-state index in [4.69, 9.17) is 4.74 Å².